The second-order valence-electron chi connectivity index (χ2n) is 9.21. The van der Waals surface area contributed by atoms with Crippen molar-refractivity contribution in [2.24, 2.45) is 5.92 Å². The number of carbonyl (C=O) groups is 2. The molecule has 0 bridgehead atoms. The number of morpholine rings is 1. The van der Waals surface area contributed by atoms with E-state index in [1.807, 2.05) is 23.8 Å². The Morgan fingerprint density at radius 3 is 2.47 bits per heavy atom. The van der Waals surface area contributed by atoms with Gasteiger partial charge >= 0.3 is 0 Å². The lowest BCUT2D eigenvalue weighted by atomic mass is 9.94. The molecule has 1 N–H and O–H groups in total. The van der Waals surface area contributed by atoms with E-state index in [4.69, 9.17) is 14.7 Å². The summed E-state index contributed by atoms with van der Waals surface area (Å²) in [5, 5.41) is 3.23. The first-order chi connectivity index (χ1) is 15.5. The van der Waals surface area contributed by atoms with Crippen molar-refractivity contribution >= 4 is 17.6 Å². The summed E-state index contributed by atoms with van der Waals surface area (Å²) in [6.07, 6.45) is 2.52. The topological polar surface area (TPSA) is 90.9 Å². The number of likely N-dealkylation sites (tertiary alicyclic amines) is 1. The molecule has 0 saturated carbocycles. The number of carbonyl (C=O) groups excluding carboxylic acids is 2. The van der Waals surface area contributed by atoms with Crippen LogP contribution < -0.4 is 5.32 Å². The van der Waals surface area contributed by atoms with Gasteiger partial charge in [-0.1, -0.05) is 6.92 Å². The molecule has 2 amide bonds. The van der Waals surface area contributed by atoms with Gasteiger partial charge in [-0.3, -0.25) is 14.5 Å². The number of piperidine rings is 1. The van der Waals surface area contributed by atoms with Gasteiger partial charge in [-0.25, -0.2) is 9.97 Å². The molecule has 0 aliphatic carbocycles. The Morgan fingerprint density at radius 2 is 1.81 bits per heavy atom. The molecular formula is C23H36N6O3. The van der Waals surface area contributed by atoms with Crippen molar-refractivity contribution in [3.63, 3.8) is 0 Å². The van der Waals surface area contributed by atoms with Crippen molar-refractivity contribution in [1.29, 1.82) is 0 Å². The molecule has 4 rings (SSSR count). The van der Waals surface area contributed by atoms with E-state index in [0.717, 1.165) is 88.1 Å². The van der Waals surface area contributed by atoms with Crippen LogP contribution in [0.3, 0.4) is 0 Å². The van der Waals surface area contributed by atoms with E-state index in [0.29, 0.717) is 13.1 Å². The van der Waals surface area contributed by atoms with Crippen molar-refractivity contribution in [2.75, 3.05) is 64.8 Å². The summed E-state index contributed by atoms with van der Waals surface area (Å²) >= 11 is 0. The second-order valence-corrected chi connectivity index (χ2v) is 9.21. The third kappa shape index (κ3) is 5.04. The first-order valence-electron chi connectivity index (χ1n) is 11.9. The molecule has 9 nitrogen and oxygen atoms in total. The summed E-state index contributed by atoms with van der Waals surface area (Å²) < 4.78 is 5.41. The molecule has 1 aromatic rings. The minimum atomic E-state index is -0.00176. The second kappa shape index (κ2) is 10.1. The number of fused-ring (bicyclic) bond motifs is 1. The maximum absolute atomic E-state index is 13.0. The van der Waals surface area contributed by atoms with E-state index in [-0.39, 0.29) is 23.7 Å². The highest BCUT2D eigenvalue weighted by Gasteiger charge is 2.31. The molecule has 9 heteroatoms. The van der Waals surface area contributed by atoms with Crippen molar-refractivity contribution in [3.05, 3.63) is 17.1 Å². The largest absolute Gasteiger partial charge is 0.379 e. The van der Waals surface area contributed by atoms with Crippen LogP contribution in [0.2, 0.25) is 0 Å². The summed E-state index contributed by atoms with van der Waals surface area (Å²) in [5.74, 6) is 2.28. The minimum Gasteiger partial charge on any atom is -0.379 e. The number of nitrogens with one attached hydrogen (secondary N) is 1. The molecule has 1 aromatic heterocycles. The van der Waals surface area contributed by atoms with Crippen LogP contribution in [0, 0.1) is 5.92 Å². The Balaban J connectivity index is 1.38. The number of hydrogen-bond acceptors (Lipinski definition) is 7. The molecule has 2 saturated heterocycles. The van der Waals surface area contributed by atoms with Crippen molar-refractivity contribution in [3.8, 4) is 0 Å². The zero-order valence-corrected chi connectivity index (χ0v) is 19.6. The molecule has 32 heavy (non-hydrogen) atoms. The number of amides is 2. The SMILES string of the molecule is CNc1nc(C2CCN(C(=O)[C@@H](C)CN3CCOCC3)CC2)nc2c1CCN(C(C)=O)C2. The van der Waals surface area contributed by atoms with Gasteiger partial charge in [-0.15, -0.1) is 0 Å². The molecule has 0 unspecified atom stereocenters. The molecule has 3 aliphatic rings. The Hall–Kier alpha value is -2.26. The van der Waals surface area contributed by atoms with Gasteiger partial charge in [0, 0.05) is 70.6 Å². The number of nitrogens with zero attached hydrogens (tertiary/aromatic N) is 5. The lowest BCUT2D eigenvalue weighted by molar-refractivity contribution is -0.137. The van der Waals surface area contributed by atoms with E-state index in [9.17, 15) is 9.59 Å². The average Bonchev–Trinajstić information content (AvgIpc) is 2.83. The first kappa shape index (κ1) is 22.9. The standard InChI is InChI=1S/C23H36N6O3/c1-16(14-27-10-12-32-13-11-27)23(31)28-7-4-18(5-8-28)21-25-20-15-29(17(2)30)9-6-19(20)22(24-3)26-21/h16,18H,4-15H2,1-3H3,(H,24,25,26)/t16-/m0/s1. The lowest BCUT2D eigenvalue weighted by Crippen LogP contribution is -2.46. The minimum absolute atomic E-state index is 0.00176. The quantitative estimate of drug-likeness (QED) is 0.727. The zero-order valence-electron chi connectivity index (χ0n) is 19.6. The van der Waals surface area contributed by atoms with Crippen LogP contribution in [0.25, 0.3) is 0 Å². The van der Waals surface area contributed by atoms with Gasteiger partial charge in [0.05, 0.1) is 25.5 Å². The third-order valence-corrected chi connectivity index (χ3v) is 6.99. The Morgan fingerprint density at radius 1 is 1.09 bits per heavy atom. The molecule has 4 heterocycles. The fourth-order valence-electron chi connectivity index (χ4n) is 5.03. The van der Waals surface area contributed by atoms with Crippen LogP contribution in [0.15, 0.2) is 0 Å². The highest BCUT2D eigenvalue weighted by molar-refractivity contribution is 5.78. The van der Waals surface area contributed by atoms with Gasteiger partial charge < -0.3 is 19.9 Å². The van der Waals surface area contributed by atoms with Crippen molar-refractivity contribution in [2.45, 2.75) is 45.6 Å². The van der Waals surface area contributed by atoms with Crippen molar-refractivity contribution < 1.29 is 14.3 Å². The van der Waals surface area contributed by atoms with Crippen LogP contribution in [0.4, 0.5) is 5.82 Å². The van der Waals surface area contributed by atoms with Crippen LogP contribution >= 0.6 is 0 Å². The first-order valence-corrected chi connectivity index (χ1v) is 11.9. The maximum atomic E-state index is 13.0. The molecule has 0 aromatic carbocycles. The molecule has 0 radical (unpaired) electrons. The van der Waals surface area contributed by atoms with Gasteiger partial charge in [-0.2, -0.15) is 0 Å². The van der Waals surface area contributed by atoms with E-state index in [1.54, 1.807) is 6.92 Å². The Bertz CT molecular complexity index is 833. The average molecular weight is 445 g/mol. The van der Waals surface area contributed by atoms with E-state index < -0.39 is 0 Å². The van der Waals surface area contributed by atoms with Crippen LogP contribution in [-0.4, -0.2) is 96.0 Å². The smallest absolute Gasteiger partial charge is 0.226 e. The molecule has 2 fully saturated rings. The van der Waals surface area contributed by atoms with Crippen LogP contribution in [0.5, 0.6) is 0 Å². The molecule has 0 spiro atoms. The van der Waals surface area contributed by atoms with Gasteiger partial charge in [0.15, 0.2) is 0 Å². The Labute approximate surface area is 190 Å². The summed E-state index contributed by atoms with van der Waals surface area (Å²) in [6, 6.07) is 0. The predicted molar refractivity (Wildman–Crippen MR) is 121 cm³/mol. The van der Waals surface area contributed by atoms with Crippen molar-refractivity contribution in [1.82, 2.24) is 24.7 Å². The number of aromatic nitrogens is 2. The number of rotatable bonds is 5. The highest BCUT2D eigenvalue weighted by atomic mass is 16.5. The van der Waals surface area contributed by atoms with Gasteiger partial charge in [0.2, 0.25) is 11.8 Å². The molecule has 1 atom stereocenters. The maximum Gasteiger partial charge on any atom is 0.226 e. The third-order valence-electron chi connectivity index (χ3n) is 6.99. The summed E-state index contributed by atoms with van der Waals surface area (Å²) in [4.78, 5) is 40.7. The molecular weight excluding hydrogens is 408 g/mol. The summed E-state index contributed by atoms with van der Waals surface area (Å²) in [7, 11) is 1.89. The summed E-state index contributed by atoms with van der Waals surface area (Å²) in [6.45, 7) is 10.5. The normalized spacial score (nSPS) is 21.2. The predicted octanol–water partition coefficient (Wildman–Crippen LogP) is 1.10. The summed E-state index contributed by atoms with van der Waals surface area (Å²) in [5.41, 5.74) is 2.08. The monoisotopic (exact) mass is 444 g/mol. The van der Waals surface area contributed by atoms with E-state index in [2.05, 4.69) is 10.2 Å². The highest BCUT2D eigenvalue weighted by Crippen LogP contribution is 2.31. The van der Waals surface area contributed by atoms with Gasteiger partial charge in [0.1, 0.15) is 11.6 Å². The van der Waals surface area contributed by atoms with Gasteiger partial charge in [0.25, 0.3) is 0 Å². The van der Waals surface area contributed by atoms with E-state index in [1.165, 1.54) is 0 Å². The zero-order chi connectivity index (χ0) is 22.7. The number of hydrogen-bond donors (Lipinski definition) is 1. The fraction of sp³-hybridized carbons (Fsp3) is 0.739. The van der Waals surface area contributed by atoms with Crippen LogP contribution in [-0.2, 0) is 27.3 Å². The Kier molecular flexibility index (Phi) is 7.25. The van der Waals surface area contributed by atoms with Crippen LogP contribution in [0.1, 0.15) is 49.7 Å². The fourth-order valence-corrected chi connectivity index (χ4v) is 5.03. The van der Waals surface area contributed by atoms with E-state index >= 15 is 0 Å². The number of ether oxygens (including phenoxy) is 1. The molecule has 3 aliphatic heterocycles. The van der Waals surface area contributed by atoms with Gasteiger partial charge in [-0.05, 0) is 19.3 Å². The number of anilines is 1. The lowest BCUT2D eigenvalue weighted by Gasteiger charge is -2.35. The molecule has 176 valence electrons.